The molecule has 0 aliphatic heterocycles. The fraction of sp³-hybridized carbons (Fsp3) is 0.600. The topological polar surface area (TPSA) is 55.4 Å². The first-order valence-electron chi connectivity index (χ1n) is 4.47. The molecule has 0 bridgehead atoms. The number of carbonyl (C=O) groups is 2. The third kappa shape index (κ3) is 7.34. The van der Waals surface area contributed by atoms with Crippen LogP contribution < -0.4 is 5.32 Å². The SMILES string of the molecule is C/C=C/C(=O)CNC(=O)OC(C)(C)C. The minimum atomic E-state index is -0.574. The van der Waals surface area contributed by atoms with E-state index in [4.69, 9.17) is 4.74 Å². The number of amides is 1. The summed E-state index contributed by atoms with van der Waals surface area (Å²) in [5.74, 6) is -0.154. The van der Waals surface area contributed by atoms with Crippen LogP contribution in [0.15, 0.2) is 12.2 Å². The maximum absolute atomic E-state index is 11.1. The molecule has 0 heterocycles. The van der Waals surface area contributed by atoms with Gasteiger partial charge in [-0.3, -0.25) is 4.79 Å². The van der Waals surface area contributed by atoms with Crippen LogP contribution in [0, 0.1) is 0 Å². The second-order valence-corrected chi connectivity index (χ2v) is 3.82. The van der Waals surface area contributed by atoms with Crippen molar-refractivity contribution in [2.75, 3.05) is 6.54 Å². The standard InChI is InChI=1S/C10H17NO3/c1-5-6-8(12)7-11-9(13)14-10(2,3)4/h5-6H,7H2,1-4H3,(H,11,13)/b6-5+. The molecular formula is C10H17NO3. The summed E-state index contributed by atoms with van der Waals surface area (Å²) in [6, 6.07) is 0. The molecule has 0 saturated heterocycles. The van der Waals surface area contributed by atoms with E-state index < -0.39 is 11.7 Å². The van der Waals surface area contributed by atoms with E-state index in [1.165, 1.54) is 6.08 Å². The Labute approximate surface area is 84.3 Å². The van der Waals surface area contributed by atoms with E-state index in [-0.39, 0.29) is 12.3 Å². The molecular weight excluding hydrogens is 182 g/mol. The number of nitrogens with one attached hydrogen (secondary N) is 1. The molecule has 0 unspecified atom stereocenters. The van der Waals surface area contributed by atoms with Crippen molar-refractivity contribution in [2.24, 2.45) is 0 Å². The zero-order chi connectivity index (χ0) is 11.2. The lowest BCUT2D eigenvalue weighted by molar-refractivity contribution is -0.113. The number of hydrogen-bond acceptors (Lipinski definition) is 3. The van der Waals surface area contributed by atoms with Gasteiger partial charge >= 0.3 is 6.09 Å². The van der Waals surface area contributed by atoms with Gasteiger partial charge in [-0.1, -0.05) is 6.08 Å². The summed E-state index contributed by atoms with van der Waals surface area (Å²) in [4.78, 5) is 22.0. The molecule has 0 aliphatic carbocycles. The molecule has 0 rings (SSSR count). The van der Waals surface area contributed by atoms with Crippen LogP contribution in [-0.2, 0) is 9.53 Å². The van der Waals surface area contributed by atoms with E-state index in [1.807, 2.05) is 0 Å². The fourth-order valence-electron chi connectivity index (χ4n) is 0.718. The second-order valence-electron chi connectivity index (χ2n) is 3.82. The van der Waals surface area contributed by atoms with Crippen LogP contribution in [0.2, 0.25) is 0 Å². The summed E-state index contributed by atoms with van der Waals surface area (Å²) in [7, 11) is 0. The molecule has 0 aliphatic rings. The minimum absolute atomic E-state index is 0.0285. The predicted molar refractivity (Wildman–Crippen MR) is 54.1 cm³/mol. The summed E-state index contributed by atoms with van der Waals surface area (Å²) in [6.07, 6.45) is 2.45. The number of carbonyl (C=O) groups excluding carboxylic acids is 2. The molecule has 4 nitrogen and oxygen atoms in total. The Morgan fingerprint density at radius 1 is 1.36 bits per heavy atom. The number of rotatable bonds is 3. The maximum Gasteiger partial charge on any atom is 0.408 e. The van der Waals surface area contributed by atoms with Crippen molar-refractivity contribution in [3.05, 3.63) is 12.2 Å². The zero-order valence-corrected chi connectivity index (χ0v) is 9.09. The van der Waals surface area contributed by atoms with Crippen LogP contribution in [0.25, 0.3) is 0 Å². The molecule has 0 aromatic rings. The number of ether oxygens (including phenoxy) is 1. The monoisotopic (exact) mass is 199 g/mol. The lowest BCUT2D eigenvalue weighted by Gasteiger charge is -2.19. The van der Waals surface area contributed by atoms with Gasteiger partial charge in [0.2, 0.25) is 0 Å². The Hall–Kier alpha value is -1.32. The van der Waals surface area contributed by atoms with Gasteiger partial charge in [-0.25, -0.2) is 4.79 Å². The highest BCUT2D eigenvalue weighted by atomic mass is 16.6. The van der Waals surface area contributed by atoms with Gasteiger partial charge in [-0.2, -0.15) is 0 Å². The molecule has 1 N–H and O–H groups in total. The van der Waals surface area contributed by atoms with Gasteiger partial charge in [0.15, 0.2) is 5.78 Å². The van der Waals surface area contributed by atoms with Gasteiger partial charge in [0.25, 0.3) is 0 Å². The van der Waals surface area contributed by atoms with Gasteiger partial charge < -0.3 is 10.1 Å². The van der Waals surface area contributed by atoms with E-state index in [0.717, 1.165) is 0 Å². The van der Waals surface area contributed by atoms with Gasteiger partial charge in [0.05, 0.1) is 6.54 Å². The highest BCUT2D eigenvalue weighted by Gasteiger charge is 2.15. The highest BCUT2D eigenvalue weighted by Crippen LogP contribution is 2.05. The summed E-state index contributed by atoms with van der Waals surface area (Å²) in [5, 5.41) is 2.36. The Kier molecular flexibility index (Phi) is 4.91. The summed E-state index contributed by atoms with van der Waals surface area (Å²) >= 11 is 0. The van der Waals surface area contributed by atoms with Crippen molar-refractivity contribution in [3.8, 4) is 0 Å². The number of alkyl carbamates (subject to hydrolysis) is 1. The smallest absolute Gasteiger partial charge is 0.408 e. The normalized spacial score (nSPS) is 11.4. The third-order valence-electron chi connectivity index (χ3n) is 1.16. The summed E-state index contributed by atoms with van der Waals surface area (Å²) < 4.78 is 4.94. The molecule has 80 valence electrons. The van der Waals surface area contributed by atoms with Gasteiger partial charge in [-0.15, -0.1) is 0 Å². The molecule has 0 aromatic heterocycles. The Morgan fingerprint density at radius 2 is 1.93 bits per heavy atom. The van der Waals surface area contributed by atoms with Crippen molar-refractivity contribution in [1.82, 2.24) is 5.32 Å². The number of hydrogen-bond donors (Lipinski definition) is 1. The average molecular weight is 199 g/mol. The minimum Gasteiger partial charge on any atom is -0.444 e. The van der Waals surface area contributed by atoms with Crippen LogP contribution in [-0.4, -0.2) is 24.0 Å². The van der Waals surface area contributed by atoms with Crippen LogP contribution in [0.4, 0.5) is 4.79 Å². The first-order valence-corrected chi connectivity index (χ1v) is 4.47. The largest absolute Gasteiger partial charge is 0.444 e. The van der Waals surface area contributed by atoms with Crippen molar-refractivity contribution in [2.45, 2.75) is 33.3 Å². The van der Waals surface area contributed by atoms with Crippen LogP contribution in [0.1, 0.15) is 27.7 Å². The molecule has 0 aromatic carbocycles. The Balaban J connectivity index is 3.81. The first kappa shape index (κ1) is 12.7. The Bertz CT molecular complexity index is 238. The van der Waals surface area contributed by atoms with Crippen molar-refractivity contribution < 1.29 is 14.3 Å². The molecule has 0 spiro atoms. The average Bonchev–Trinajstić information content (AvgIpc) is 1.98. The van der Waals surface area contributed by atoms with E-state index in [0.29, 0.717) is 0 Å². The number of ketones is 1. The van der Waals surface area contributed by atoms with E-state index in [9.17, 15) is 9.59 Å². The Morgan fingerprint density at radius 3 is 2.36 bits per heavy atom. The van der Waals surface area contributed by atoms with Crippen LogP contribution >= 0.6 is 0 Å². The van der Waals surface area contributed by atoms with Crippen molar-refractivity contribution in [1.29, 1.82) is 0 Å². The predicted octanol–water partition coefficient (Wildman–Crippen LogP) is 1.66. The maximum atomic E-state index is 11.1. The first-order chi connectivity index (χ1) is 6.35. The van der Waals surface area contributed by atoms with Crippen LogP contribution in [0.3, 0.4) is 0 Å². The van der Waals surface area contributed by atoms with Gasteiger partial charge in [0.1, 0.15) is 5.60 Å². The second kappa shape index (κ2) is 5.42. The summed E-state index contributed by atoms with van der Waals surface area (Å²) in [6.45, 7) is 7.01. The quantitative estimate of drug-likeness (QED) is 0.703. The highest BCUT2D eigenvalue weighted by molar-refractivity contribution is 5.93. The fourth-order valence-corrected chi connectivity index (χ4v) is 0.718. The lowest BCUT2D eigenvalue weighted by atomic mass is 10.2. The third-order valence-corrected chi connectivity index (χ3v) is 1.16. The van der Waals surface area contributed by atoms with Gasteiger partial charge in [0, 0.05) is 0 Å². The molecule has 0 atom stereocenters. The molecule has 4 heteroatoms. The van der Waals surface area contributed by atoms with Gasteiger partial charge in [-0.05, 0) is 33.8 Å². The van der Waals surface area contributed by atoms with Crippen molar-refractivity contribution >= 4 is 11.9 Å². The lowest BCUT2D eigenvalue weighted by Crippen LogP contribution is -2.35. The molecule has 0 fully saturated rings. The number of allylic oxidation sites excluding steroid dienone is 1. The van der Waals surface area contributed by atoms with E-state index in [1.54, 1.807) is 33.8 Å². The summed E-state index contributed by atoms with van der Waals surface area (Å²) in [5.41, 5.74) is -0.534. The molecule has 14 heavy (non-hydrogen) atoms. The van der Waals surface area contributed by atoms with E-state index >= 15 is 0 Å². The zero-order valence-electron chi connectivity index (χ0n) is 9.09. The van der Waals surface area contributed by atoms with E-state index in [2.05, 4.69) is 5.32 Å². The van der Waals surface area contributed by atoms with Crippen molar-refractivity contribution in [3.63, 3.8) is 0 Å². The van der Waals surface area contributed by atoms with Crippen LogP contribution in [0.5, 0.6) is 0 Å². The molecule has 0 saturated carbocycles. The molecule has 1 amide bonds. The molecule has 0 radical (unpaired) electrons.